The third-order valence-electron chi connectivity index (χ3n) is 0.842. The van der Waals surface area contributed by atoms with Gasteiger partial charge in [0.25, 0.3) is 0 Å². The Labute approximate surface area is 54.5 Å². The van der Waals surface area contributed by atoms with Crippen LogP contribution in [0.1, 0.15) is 13.8 Å². The lowest BCUT2D eigenvalue weighted by Gasteiger charge is -1.87. The fourth-order valence-corrected chi connectivity index (χ4v) is 0.439. The highest BCUT2D eigenvalue weighted by atomic mass is 16.1. The maximum absolute atomic E-state index is 10.5. The summed E-state index contributed by atoms with van der Waals surface area (Å²) in [5, 5.41) is 7.04. The van der Waals surface area contributed by atoms with E-state index in [-0.39, 0.29) is 5.78 Å². The summed E-state index contributed by atoms with van der Waals surface area (Å²) in [5.41, 5.74) is 0.414. The molecule has 3 nitrogen and oxygen atoms in total. The Morgan fingerprint density at radius 3 is 2.22 bits per heavy atom. The molecule has 0 unspecified atom stereocenters. The van der Waals surface area contributed by atoms with Gasteiger partial charge in [0, 0.05) is 14.0 Å². The van der Waals surface area contributed by atoms with Crippen LogP contribution in [0.2, 0.25) is 0 Å². The summed E-state index contributed by atoms with van der Waals surface area (Å²) in [6.07, 6.45) is 1.63. The summed E-state index contributed by atoms with van der Waals surface area (Å²) in [5.74, 6) is -0.0527. The number of rotatable bonds is 2. The van der Waals surface area contributed by atoms with E-state index in [1.165, 1.54) is 14.0 Å². The summed E-state index contributed by atoms with van der Waals surface area (Å²) in [6, 6.07) is 0. The Morgan fingerprint density at radius 2 is 2.11 bits per heavy atom. The van der Waals surface area contributed by atoms with Gasteiger partial charge >= 0.3 is 0 Å². The van der Waals surface area contributed by atoms with E-state index < -0.39 is 0 Å². The predicted molar refractivity (Wildman–Crippen MR) is 35.2 cm³/mol. The number of allylic oxidation sites excluding steroid dienone is 2. The van der Waals surface area contributed by atoms with Gasteiger partial charge in [-0.05, 0) is 6.92 Å². The molecular weight excluding hydrogens is 116 g/mol. The number of carbonyl (C=O) groups is 1. The molecule has 0 amide bonds. The first kappa shape index (κ1) is 8.01. The molecule has 0 aromatic carbocycles. The predicted octanol–water partition coefficient (Wildman–Crippen LogP) is 1.56. The zero-order valence-electron chi connectivity index (χ0n) is 5.88. The van der Waals surface area contributed by atoms with Gasteiger partial charge in [-0.2, -0.15) is 10.2 Å². The fourth-order valence-electron chi connectivity index (χ4n) is 0.439. The Morgan fingerprint density at radius 1 is 1.56 bits per heavy atom. The van der Waals surface area contributed by atoms with Crippen LogP contribution in [0.15, 0.2) is 22.0 Å². The summed E-state index contributed by atoms with van der Waals surface area (Å²) in [4.78, 5) is 10.5. The van der Waals surface area contributed by atoms with Crippen LogP contribution in [-0.2, 0) is 4.79 Å². The first-order chi connectivity index (χ1) is 4.22. The van der Waals surface area contributed by atoms with Crippen molar-refractivity contribution in [3.05, 3.63) is 11.8 Å². The minimum Gasteiger partial charge on any atom is -0.293 e. The number of carbonyl (C=O) groups excluding carboxylic acids is 1. The molecule has 0 aromatic heterocycles. The molecule has 0 N–H and O–H groups in total. The topological polar surface area (TPSA) is 41.8 Å². The molecule has 0 aliphatic heterocycles. The molecule has 0 saturated heterocycles. The average Bonchev–Trinajstić information content (AvgIpc) is 1.82. The summed E-state index contributed by atoms with van der Waals surface area (Å²) >= 11 is 0. The van der Waals surface area contributed by atoms with Crippen LogP contribution < -0.4 is 0 Å². The van der Waals surface area contributed by atoms with Crippen molar-refractivity contribution in [2.45, 2.75) is 13.8 Å². The molecule has 0 aliphatic rings. The van der Waals surface area contributed by atoms with Crippen LogP contribution in [0.4, 0.5) is 0 Å². The van der Waals surface area contributed by atoms with E-state index >= 15 is 0 Å². The molecule has 0 rings (SSSR count). The highest BCUT2D eigenvalue weighted by Gasteiger charge is 1.96. The fraction of sp³-hybridized carbons (Fsp3) is 0.500. The van der Waals surface area contributed by atoms with E-state index in [0.717, 1.165) is 0 Å². The van der Waals surface area contributed by atoms with Crippen molar-refractivity contribution in [2.75, 3.05) is 7.05 Å². The zero-order valence-corrected chi connectivity index (χ0v) is 5.88. The number of nitrogens with zero attached hydrogens (tertiary/aromatic N) is 2. The number of azo groups is 1. The number of hydrogen-bond donors (Lipinski definition) is 0. The minimum atomic E-state index is -0.0527. The monoisotopic (exact) mass is 126 g/mol. The van der Waals surface area contributed by atoms with Crippen molar-refractivity contribution < 1.29 is 4.79 Å². The quantitative estimate of drug-likeness (QED) is 0.409. The zero-order chi connectivity index (χ0) is 7.28. The van der Waals surface area contributed by atoms with Gasteiger partial charge < -0.3 is 0 Å². The van der Waals surface area contributed by atoms with Crippen LogP contribution >= 0.6 is 0 Å². The van der Waals surface area contributed by atoms with Crippen molar-refractivity contribution in [1.29, 1.82) is 0 Å². The number of Topliss-reactive ketones (excluding diaryl/α,β-unsaturated/α-hetero) is 1. The van der Waals surface area contributed by atoms with E-state index in [2.05, 4.69) is 10.2 Å². The minimum absolute atomic E-state index is 0.0527. The molecule has 0 fully saturated rings. The lowest BCUT2D eigenvalue weighted by atomic mass is 10.3. The van der Waals surface area contributed by atoms with Crippen LogP contribution in [0.3, 0.4) is 0 Å². The van der Waals surface area contributed by atoms with Crippen molar-refractivity contribution in [3.63, 3.8) is 0 Å². The molecule has 0 bridgehead atoms. The standard InChI is InChI=1S/C6H10N2O/c1-4-6(5(2)9)8-7-3/h4H,1-3H3/b6-4-,8-7?. The van der Waals surface area contributed by atoms with Gasteiger partial charge in [-0.15, -0.1) is 0 Å². The van der Waals surface area contributed by atoms with Gasteiger partial charge in [0.2, 0.25) is 0 Å². The Bertz CT molecular complexity index is 158. The Hall–Kier alpha value is -0.990. The molecule has 9 heavy (non-hydrogen) atoms. The molecule has 0 saturated carbocycles. The highest BCUT2D eigenvalue weighted by Crippen LogP contribution is 1.96. The van der Waals surface area contributed by atoms with Crippen LogP contribution in [0, 0.1) is 0 Å². The third kappa shape index (κ3) is 2.74. The third-order valence-corrected chi connectivity index (χ3v) is 0.842. The molecule has 0 heterocycles. The molecule has 50 valence electrons. The SMILES string of the molecule is C/C=C(\N=NC)C(C)=O. The van der Waals surface area contributed by atoms with E-state index in [1.807, 2.05) is 0 Å². The smallest absolute Gasteiger partial charge is 0.179 e. The molecule has 3 heteroatoms. The van der Waals surface area contributed by atoms with Crippen molar-refractivity contribution in [1.82, 2.24) is 0 Å². The molecule has 0 aromatic rings. The van der Waals surface area contributed by atoms with Crippen molar-refractivity contribution in [2.24, 2.45) is 10.2 Å². The molecular formula is C6H10N2O. The second-order valence-corrected chi connectivity index (χ2v) is 1.53. The number of ketones is 1. The van der Waals surface area contributed by atoms with E-state index in [4.69, 9.17) is 0 Å². The molecule has 0 atom stereocenters. The Balaban J connectivity index is 4.19. The van der Waals surface area contributed by atoms with Crippen LogP contribution in [0.5, 0.6) is 0 Å². The number of hydrogen-bond acceptors (Lipinski definition) is 3. The van der Waals surface area contributed by atoms with Gasteiger partial charge in [0.1, 0.15) is 5.70 Å². The normalized spacial score (nSPS) is 12.6. The van der Waals surface area contributed by atoms with Crippen molar-refractivity contribution >= 4 is 5.78 Å². The van der Waals surface area contributed by atoms with Crippen LogP contribution in [0.25, 0.3) is 0 Å². The summed E-state index contributed by atoms with van der Waals surface area (Å²) < 4.78 is 0. The first-order valence-corrected chi connectivity index (χ1v) is 2.69. The lowest BCUT2D eigenvalue weighted by Crippen LogP contribution is -1.90. The summed E-state index contributed by atoms with van der Waals surface area (Å²) in [7, 11) is 1.53. The van der Waals surface area contributed by atoms with Crippen LogP contribution in [-0.4, -0.2) is 12.8 Å². The van der Waals surface area contributed by atoms with Crippen molar-refractivity contribution in [3.8, 4) is 0 Å². The van der Waals surface area contributed by atoms with E-state index in [9.17, 15) is 4.79 Å². The summed E-state index contributed by atoms with van der Waals surface area (Å²) in [6.45, 7) is 3.22. The second kappa shape index (κ2) is 3.95. The van der Waals surface area contributed by atoms with E-state index in [1.54, 1.807) is 13.0 Å². The largest absolute Gasteiger partial charge is 0.293 e. The van der Waals surface area contributed by atoms with Gasteiger partial charge in [0.15, 0.2) is 5.78 Å². The van der Waals surface area contributed by atoms with Gasteiger partial charge in [-0.1, -0.05) is 6.08 Å². The first-order valence-electron chi connectivity index (χ1n) is 2.69. The maximum atomic E-state index is 10.5. The van der Waals surface area contributed by atoms with Gasteiger partial charge in [-0.25, -0.2) is 0 Å². The lowest BCUT2D eigenvalue weighted by molar-refractivity contribution is -0.113. The molecule has 0 aliphatic carbocycles. The van der Waals surface area contributed by atoms with E-state index in [0.29, 0.717) is 5.70 Å². The van der Waals surface area contributed by atoms with Gasteiger partial charge in [0.05, 0.1) is 0 Å². The maximum Gasteiger partial charge on any atom is 0.179 e. The average molecular weight is 126 g/mol. The van der Waals surface area contributed by atoms with Gasteiger partial charge in [-0.3, -0.25) is 4.79 Å². The molecule has 0 spiro atoms. The highest BCUT2D eigenvalue weighted by molar-refractivity contribution is 5.92. The Kier molecular flexibility index (Phi) is 3.51. The second-order valence-electron chi connectivity index (χ2n) is 1.53. The molecule has 0 radical (unpaired) electrons.